The van der Waals surface area contributed by atoms with Gasteiger partial charge in [-0.05, 0) is 44.5 Å². The summed E-state index contributed by atoms with van der Waals surface area (Å²) in [5.74, 6) is 0. The lowest BCUT2D eigenvalue weighted by molar-refractivity contribution is 0.274. The average molecular weight is 290 g/mol. The first-order valence-electron chi connectivity index (χ1n) is 7.19. The van der Waals surface area contributed by atoms with Gasteiger partial charge in [0.05, 0.1) is 10.5 Å². The van der Waals surface area contributed by atoms with Crippen molar-refractivity contribution < 1.29 is 0 Å². The van der Waals surface area contributed by atoms with Crippen LogP contribution in [0.5, 0.6) is 0 Å². The van der Waals surface area contributed by atoms with Crippen molar-refractivity contribution in [2.45, 2.75) is 32.4 Å². The number of nitrogens with zero attached hydrogens (tertiary/aromatic N) is 2. The van der Waals surface area contributed by atoms with Crippen molar-refractivity contribution in [3.63, 3.8) is 0 Å². The van der Waals surface area contributed by atoms with E-state index in [1.165, 1.54) is 13.0 Å². The maximum atomic E-state index is 6.21. The van der Waals surface area contributed by atoms with Crippen LogP contribution in [-0.2, 0) is 0 Å². The Balaban J connectivity index is 1.84. The van der Waals surface area contributed by atoms with Crippen molar-refractivity contribution in [2.24, 2.45) is 0 Å². The van der Waals surface area contributed by atoms with Crippen molar-refractivity contribution in [3.05, 3.63) is 35.5 Å². The van der Waals surface area contributed by atoms with Gasteiger partial charge in [0.2, 0.25) is 0 Å². The van der Waals surface area contributed by atoms with Gasteiger partial charge in [0, 0.05) is 42.4 Å². The molecule has 0 saturated carbocycles. The zero-order valence-electron chi connectivity index (χ0n) is 11.9. The van der Waals surface area contributed by atoms with E-state index in [2.05, 4.69) is 41.2 Å². The molecule has 1 atom stereocenters. The predicted molar refractivity (Wildman–Crippen MR) is 85.5 cm³/mol. The van der Waals surface area contributed by atoms with Gasteiger partial charge in [-0.2, -0.15) is 0 Å². The molecule has 1 N–H and O–H groups in total. The summed E-state index contributed by atoms with van der Waals surface area (Å²) >= 11 is 6.21. The van der Waals surface area contributed by atoms with E-state index in [0.29, 0.717) is 17.1 Å². The van der Waals surface area contributed by atoms with Gasteiger partial charge in [0.25, 0.3) is 0 Å². The highest BCUT2D eigenvalue weighted by Gasteiger charge is 2.24. The Hall–Kier alpha value is -1.32. The summed E-state index contributed by atoms with van der Waals surface area (Å²) in [7, 11) is 0. The molecule has 0 aliphatic carbocycles. The average Bonchev–Trinajstić information content (AvgIpc) is 2.91. The fourth-order valence-corrected chi connectivity index (χ4v) is 3.07. The standard InChI is InChI=1S/C16H20ClN3/c1-11(2)20-9-7-12(10-20)19-15-6-5-14(17)16-13(15)4-3-8-18-16/h3-6,8,11-12,19H,7,9-10H2,1-2H3. The Kier molecular flexibility index (Phi) is 3.81. The fourth-order valence-electron chi connectivity index (χ4n) is 2.86. The molecule has 0 bridgehead atoms. The number of hydrogen-bond acceptors (Lipinski definition) is 3. The van der Waals surface area contributed by atoms with Crippen LogP contribution >= 0.6 is 11.6 Å². The summed E-state index contributed by atoms with van der Waals surface area (Å²) in [4.78, 5) is 6.88. The maximum absolute atomic E-state index is 6.21. The lowest BCUT2D eigenvalue weighted by Crippen LogP contribution is -2.31. The normalized spacial score (nSPS) is 19.9. The van der Waals surface area contributed by atoms with Crippen molar-refractivity contribution in [2.75, 3.05) is 18.4 Å². The molecule has 1 saturated heterocycles. The van der Waals surface area contributed by atoms with Crippen LogP contribution in [0.4, 0.5) is 5.69 Å². The molecule has 1 aliphatic heterocycles. The summed E-state index contributed by atoms with van der Waals surface area (Å²) in [5.41, 5.74) is 2.01. The number of anilines is 1. The highest BCUT2D eigenvalue weighted by atomic mass is 35.5. The molecule has 1 aromatic heterocycles. The van der Waals surface area contributed by atoms with Crippen LogP contribution in [-0.4, -0.2) is 35.1 Å². The number of halogens is 1. The molecule has 1 aromatic carbocycles. The number of fused-ring (bicyclic) bond motifs is 1. The lowest BCUT2D eigenvalue weighted by Gasteiger charge is -2.21. The number of hydrogen-bond donors (Lipinski definition) is 1. The number of pyridine rings is 1. The monoisotopic (exact) mass is 289 g/mol. The number of benzene rings is 1. The van der Waals surface area contributed by atoms with E-state index in [1.54, 1.807) is 6.20 Å². The second-order valence-electron chi connectivity index (χ2n) is 5.71. The highest BCUT2D eigenvalue weighted by molar-refractivity contribution is 6.35. The Morgan fingerprint density at radius 1 is 1.35 bits per heavy atom. The minimum atomic E-state index is 0.502. The summed E-state index contributed by atoms with van der Waals surface area (Å²) in [6, 6.07) is 9.14. The van der Waals surface area contributed by atoms with Gasteiger partial charge in [0.1, 0.15) is 0 Å². The van der Waals surface area contributed by atoms with Gasteiger partial charge in [-0.15, -0.1) is 0 Å². The van der Waals surface area contributed by atoms with Gasteiger partial charge in [-0.3, -0.25) is 9.88 Å². The molecule has 2 aromatic rings. The second kappa shape index (κ2) is 5.58. The number of nitrogens with one attached hydrogen (secondary N) is 1. The van der Waals surface area contributed by atoms with E-state index in [0.717, 1.165) is 23.1 Å². The quantitative estimate of drug-likeness (QED) is 0.932. The van der Waals surface area contributed by atoms with Crippen molar-refractivity contribution in [1.82, 2.24) is 9.88 Å². The van der Waals surface area contributed by atoms with Crippen molar-refractivity contribution in [1.29, 1.82) is 0 Å². The third kappa shape index (κ3) is 2.60. The van der Waals surface area contributed by atoms with E-state index in [-0.39, 0.29) is 0 Å². The molecule has 0 spiro atoms. The van der Waals surface area contributed by atoms with Crippen molar-refractivity contribution in [3.8, 4) is 0 Å². The van der Waals surface area contributed by atoms with E-state index in [4.69, 9.17) is 11.6 Å². The zero-order chi connectivity index (χ0) is 14.1. The minimum Gasteiger partial charge on any atom is -0.380 e. The van der Waals surface area contributed by atoms with Gasteiger partial charge in [-0.1, -0.05) is 11.6 Å². The van der Waals surface area contributed by atoms with Crippen LogP contribution in [0.25, 0.3) is 10.9 Å². The van der Waals surface area contributed by atoms with Crippen LogP contribution in [0.15, 0.2) is 30.5 Å². The first kappa shape index (κ1) is 13.7. The molecule has 3 rings (SSSR count). The van der Waals surface area contributed by atoms with E-state index >= 15 is 0 Å². The molecule has 1 aliphatic rings. The molecule has 0 amide bonds. The molecule has 106 valence electrons. The molecule has 0 radical (unpaired) electrons. The summed E-state index contributed by atoms with van der Waals surface area (Å²) in [6.07, 6.45) is 2.97. The van der Waals surface area contributed by atoms with Crippen LogP contribution < -0.4 is 5.32 Å². The van der Waals surface area contributed by atoms with E-state index < -0.39 is 0 Å². The fraction of sp³-hybridized carbons (Fsp3) is 0.438. The molecule has 3 nitrogen and oxygen atoms in total. The van der Waals surface area contributed by atoms with E-state index in [1.807, 2.05) is 12.1 Å². The molecule has 4 heteroatoms. The zero-order valence-corrected chi connectivity index (χ0v) is 12.7. The molecule has 1 unspecified atom stereocenters. The first-order valence-corrected chi connectivity index (χ1v) is 7.57. The smallest absolute Gasteiger partial charge is 0.0908 e. The summed E-state index contributed by atoms with van der Waals surface area (Å²) in [5, 5.41) is 5.47. The van der Waals surface area contributed by atoms with Gasteiger partial charge >= 0.3 is 0 Å². The third-order valence-corrected chi connectivity index (χ3v) is 4.34. The van der Waals surface area contributed by atoms with Crippen LogP contribution in [0.2, 0.25) is 5.02 Å². The topological polar surface area (TPSA) is 28.2 Å². The van der Waals surface area contributed by atoms with Crippen LogP contribution in [0, 0.1) is 0 Å². The van der Waals surface area contributed by atoms with E-state index in [9.17, 15) is 0 Å². The molecular formula is C16H20ClN3. The Bertz CT molecular complexity index is 612. The number of rotatable bonds is 3. The lowest BCUT2D eigenvalue weighted by atomic mass is 10.1. The van der Waals surface area contributed by atoms with Gasteiger partial charge in [0.15, 0.2) is 0 Å². The first-order chi connectivity index (χ1) is 9.65. The molecule has 20 heavy (non-hydrogen) atoms. The predicted octanol–water partition coefficient (Wildman–Crippen LogP) is 3.78. The molecular weight excluding hydrogens is 270 g/mol. The maximum Gasteiger partial charge on any atom is 0.0908 e. The summed E-state index contributed by atoms with van der Waals surface area (Å²) < 4.78 is 0. The largest absolute Gasteiger partial charge is 0.380 e. The van der Waals surface area contributed by atoms with Crippen LogP contribution in [0.1, 0.15) is 20.3 Å². The van der Waals surface area contributed by atoms with Crippen molar-refractivity contribution >= 4 is 28.2 Å². The third-order valence-electron chi connectivity index (χ3n) is 4.03. The highest BCUT2D eigenvalue weighted by Crippen LogP contribution is 2.29. The Labute approximate surface area is 124 Å². The summed E-state index contributed by atoms with van der Waals surface area (Å²) in [6.45, 7) is 6.77. The van der Waals surface area contributed by atoms with Gasteiger partial charge in [-0.25, -0.2) is 0 Å². The number of likely N-dealkylation sites (tertiary alicyclic amines) is 1. The number of aromatic nitrogens is 1. The van der Waals surface area contributed by atoms with Crippen LogP contribution in [0.3, 0.4) is 0 Å². The molecule has 1 fully saturated rings. The van der Waals surface area contributed by atoms with Gasteiger partial charge < -0.3 is 5.32 Å². The second-order valence-corrected chi connectivity index (χ2v) is 6.12. The minimum absolute atomic E-state index is 0.502. The SMILES string of the molecule is CC(C)N1CCC(Nc2ccc(Cl)c3ncccc23)C1. The molecule has 2 heterocycles. The Morgan fingerprint density at radius 3 is 2.95 bits per heavy atom. The Morgan fingerprint density at radius 2 is 2.20 bits per heavy atom.